The lowest BCUT2D eigenvalue weighted by Gasteiger charge is -2.35. The first kappa shape index (κ1) is 33.5. The average Bonchev–Trinajstić information content (AvgIpc) is 3.41. The minimum absolute atomic E-state index is 0.0254. The van der Waals surface area contributed by atoms with E-state index in [-0.39, 0.29) is 62.5 Å². The Balaban J connectivity index is 1.95. The number of H-pyrrole nitrogens is 1. The summed E-state index contributed by atoms with van der Waals surface area (Å²) in [4.78, 5) is 24.5. The molecule has 0 amide bonds. The number of nitriles is 1. The average molecular weight is 611 g/mol. The Labute approximate surface area is 243 Å². The van der Waals surface area contributed by atoms with E-state index >= 15 is 0 Å². The Morgan fingerprint density at radius 2 is 1.58 bits per heavy atom. The number of aromatic nitrogens is 3. The number of carbonyl (C=O) groups excluding carboxylic acids is 1. The van der Waals surface area contributed by atoms with Gasteiger partial charge >= 0.3 is 18.0 Å². The van der Waals surface area contributed by atoms with E-state index in [1.807, 2.05) is 0 Å². The van der Waals surface area contributed by atoms with E-state index in [9.17, 15) is 41.2 Å². The second-order valence-corrected chi connectivity index (χ2v) is 10.7. The summed E-state index contributed by atoms with van der Waals surface area (Å²) in [7, 11) is 0. The van der Waals surface area contributed by atoms with Gasteiger partial charge in [0.1, 0.15) is 17.6 Å². The van der Waals surface area contributed by atoms with Crippen molar-refractivity contribution in [1.29, 1.82) is 5.26 Å². The number of nitrogens with zero attached hydrogens (tertiary/aromatic N) is 3. The number of halogens is 6. The Hall–Kier alpha value is -3.96. The van der Waals surface area contributed by atoms with E-state index in [1.165, 1.54) is 6.92 Å². The molecule has 8 nitrogen and oxygen atoms in total. The third-order valence-corrected chi connectivity index (χ3v) is 7.80. The van der Waals surface area contributed by atoms with Crippen molar-refractivity contribution in [3.05, 3.63) is 87.6 Å². The summed E-state index contributed by atoms with van der Waals surface area (Å²) in [6, 6.07) is 12.3. The van der Waals surface area contributed by atoms with Crippen molar-refractivity contribution in [3.63, 3.8) is 0 Å². The largest absolute Gasteiger partial charge is 0.416 e. The first-order valence-corrected chi connectivity index (χ1v) is 13.4. The molecule has 1 unspecified atom stereocenters. The lowest BCUT2D eigenvalue weighted by molar-refractivity contribution is -0.143. The van der Waals surface area contributed by atoms with Crippen molar-refractivity contribution in [2.75, 3.05) is 6.54 Å². The standard InChI is InChI=1S/C29H32F6N6O2/c1-19(20-13-22(28(30,31)32)15-23(14-20)29(33,34)35)7-10-27(38,21-5-3-2-4-6-21)12-11-26(17-37,9-8-24(42)16-36)41-18-39-40-25(41)43/h2-6,13-15,18-19H,7-12,16,36,38H2,1H3,(H,40,43)/t19?,26-,27+/m1/s1. The van der Waals surface area contributed by atoms with Gasteiger partial charge in [-0.2, -0.15) is 36.7 Å². The maximum absolute atomic E-state index is 13.4. The SMILES string of the molecule is CC(CC[C@](N)(CC[C@@](C#N)(CCC(=O)CN)n1cn[nH]c1=O)c1ccccc1)c1cc(C(F)(F)F)cc(C(F)(F)F)c1. The minimum Gasteiger partial charge on any atom is -0.324 e. The van der Waals surface area contributed by atoms with Crippen molar-refractivity contribution in [2.45, 2.75) is 74.8 Å². The quantitative estimate of drug-likeness (QED) is 0.223. The van der Waals surface area contributed by atoms with Crippen LogP contribution in [0, 0.1) is 11.3 Å². The van der Waals surface area contributed by atoms with E-state index in [0.717, 1.165) is 10.9 Å². The highest BCUT2D eigenvalue weighted by atomic mass is 19.4. The monoisotopic (exact) mass is 610 g/mol. The van der Waals surface area contributed by atoms with Gasteiger partial charge in [0.05, 0.1) is 23.7 Å². The molecule has 5 N–H and O–H groups in total. The Bertz CT molecular complexity index is 1460. The Kier molecular flexibility index (Phi) is 10.2. The number of carbonyl (C=O) groups is 1. The van der Waals surface area contributed by atoms with Gasteiger partial charge < -0.3 is 11.5 Å². The highest BCUT2D eigenvalue weighted by Crippen LogP contribution is 2.41. The van der Waals surface area contributed by atoms with Crippen LogP contribution in [0.1, 0.15) is 73.6 Å². The van der Waals surface area contributed by atoms with Crippen molar-refractivity contribution in [3.8, 4) is 6.07 Å². The molecule has 14 heteroatoms. The van der Waals surface area contributed by atoms with Crippen molar-refractivity contribution in [1.82, 2.24) is 14.8 Å². The lowest BCUT2D eigenvalue weighted by Crippen LogP contribution is -2.44. The van der Waals surface area contributed by atoms with Gasteiger partial charge in [-0.05, 0) is 67.3 Å². The molecule has 0 radical (unpaired) electrons. The molecule has 0 saturated heterocycles. The first-order valence-electron chi connectivity index (χ1n) is 13.4. The van der Waals surface area contributed by atoms with Gasteiger partial charge in [-0.25, -0.2) is 9.89 Å². The molecule has 232 valence electrons. The van der Waals surface area contributed by atoms with Crippen LogP contribution in [0.5, 0.6) is 0 Å². The number of benzene rings is 2. The number of nitrogens with two attached hydrogens (primary N) is 2. The van der Waals surface area contributed by atoms with Gasteiger partial charge in [-0.15, -0.1) is 0 Å². The number of aromatic amines is 1. The molecule has 1 heterocycles. The first-order chi connectivity index (χ1) is 20.0. The summed E-state index contributed by atoms with van der Waals surface area (Å²) < 4.78 is 81.8. The molecule has 1 aromatic heterocycles. The molecule has 0 saturated carbocycles. The van der Waals surface area contributed by atoms with Gasteiger partial charge in [0.15, 0.2) is 0 Å². The molecule has 43 heavy (non-hydrogen) atoms. The molecule has 3 aromatic rings. The minimum atomic E-state index is -4.98. The van der Waals surface area contributed by atoms with E-state index in [4.69, 9.17) is 11.5 Å². The van der Waals surface area contributed by atoms with Crippen LogP contribution in [-0.2, 0) is 28.2 Å². The van der Waals surface area contributed by atoms with Crippen LogP contribution in [0.2, 0.25) is 0 Å². The fourth-order valence-corrected chi connectivity index (χ4v) is 5.05. The Morgan fingerprint density at radius 1 is 0.977 bits per heavy atom. The maximum Gasteiger partial charge on any atom is 0.416 e. The van der Waals surface area contributed by atoms with Crippen LogP contribution in [0.25, 0.3) is 0 Å². The number of rotatable bonds is 13. The normalized spacial score (nSPS) is 15.7. The van der Waals surface area contributed by atoms with Gasteiger partial charge in [-0.1, -0.05) is 37.3 Å². The van der Waals surface area contributed by atoms with Crippen LogP contribution in [-0.4, -0.2) is 27.1 Å². The smallest absolute Gasteiger partial charge is 0.324 e. The Morgan fingerprint density at radius 3 is 2.07 bits per heavy atom. The number of Topliss-reactive ketones (excluding diaryl/α,β-unsaturated/α-hetero) is 1. The molecule has 0 aliphatic heterocycles. The van der Waals surface area contributed by atoms with Crippen molar-refractivity contribution >= 4 is 5.78 Å². The van der Waals surface area contributed by atoms with Crippen molar-refractivity contribution < 1.29 is 31.1 Å². The molecular formula is C29H32F6N6O2. The van der Waals surface area contributed by atoms with Gasteiger partial charge in [-0.3, -0.25) is 9.36 Å². The number of hydrogen-bond donors (Lipinski definition) is 3. The fourth-order valence-electron chi connectivity index (χ4n) is 5.05. The molecule has 0 bridgehead atoms. The topological polar surface area (TPSA) is 144 Å². The molecule has 3 atom stereocenters. The molecule has 0 fully saturated rings. The zero-order valence-electron chi connectivity index (χ0n) is 23.3. The van der Waals surface area contributed by atoms with Crippen molar-refractivity contribution in [2.24, 2.45) is 11.5 Å². The maximum atomic E-state index is 13.4. The van der Waals surface area contributed by atoms with E-state index in [0.29, 0.717) is 17.7 Å². The van der Waals surface area contributed by atoms with Crippen LogP contribution >= 0.6 is 0 Å². The summed E-state index contributed by atoms with van der Waals surface area (Å²) in [5, 5.41) is 16.2. The van der Waals surface area contributed by atoms with Crippen LogP contribution in [0.4, 0.5) is 26.3 Å². The van der Waals surface area contributed by atoms with Crippen LogP contribution in [0.3, 0.4) is 0 Å². The summed E-state index contributed by atoms with van der Waals surface area (Å²) in [6.45, 7) is 1.26. The number of ketones is 1. The van der Waals surface area contributed by atoms with Gasteiger partial charge in [0.25, 0.3) is 0 Å². The lowest BCUT2D eigenvalue weighted by atomic mass is 9.76. The third kappa shape index (κ3) is 8.11. The summed E-state index contributed by atoms with van der Waals surface area (Å²) in [5.74, 6) is -1.08. The van der Waals surface area contributed by atoms with Gasteiger partial charge in [0.2, 0.25) is 0 Å². The summed E-state index contributed by atoms with van der Waals surface area (Å²) >= 11 is 0. The number of hydrogen-bond acceptors (Lipinski definition) is 6. The zero-order chi connectivity index (χ0) is 32.1. The molecule has 2 aromatic carbocycles. The molecule has 0 spiro atoms. The predicted molar refractivity (Wildman–Crippen MR) is 145 cm³/mol. The van der Waals surface area contributed by atoms with E-state index in [2.05, 4.69) is 16.3 Å². The fraction of sp³-hybridized carbons (Fsp3) is 0.448. The number of alkyl halides is 6. The van der Waals surface area contributed by atoms with Crippen LogP contribution < -0.4 is 17.2 Å². The third-order valence-electron chi connectivity index (χ3n) is 7.80. The molecular weight excluding hydrogens is 578 g/mol. The zero-order valence-corrected chi connectivity index (χ0v) is 23.3. The van der Waals surface area contributed by atoms with E-state index in [1.54, 1.807) is 30.3 Å². The molecule has 0 aliphatic rings. The predicted octanol–water partition coefficient (Wildman–Crippen LogP) is 5.35. The summed E-state index contributed by atoms with van der Waals surface area (Å²) in [5.41, 5.74) is 6.58. The van der Waals surface area contributed by atoms with E-state index < -0.39 is 46.2 Å². The second-order valence-electron chi connectivity index (χ2n) is 10.7. The van der Waals surface area contributed by atoms with Gasteiger partial charge in [0, 0.05) is 12.0 Å². The molecule has 0 aliphatic carbocycles. The molecule has 3 rings (SSSR count). The highest BCUT2D eigenvalue weighted by molar-refractivity contribution is 5.80. The number of nitrogens with one attached hydrogen (secondary N) is 1. The second kappa shape index (κ2) is 13.1. The van der Waals surface area contributed by atoms with Crippen LogP contribution in [0.15, 0.2) is 59.7 Å². The summed E-state index contributed by atoms with van der Waals surface area (Å²) in [6.07, 6.45) is -8.72. The highest BCUT2D eigenvalue weighted by Gasteiger charge is 2.40.